The summed E-state index contributed by atoms with van der Waals surface area (Å²) in [5, 5.41) is 21.8. The molecule has 0 spiro atoms. The van der Waals surface area contributed by atoms with E-state index in [9.17, 15) is 9.50 Å². The normalized spacial score (nSPS) is 13.7. The lowest BCUT2D eigenvalue weighted by molar-refractivity contribution is 0.122. The first-order valence-electron chi connectivity index (χ1n) is 11.6. The van der Waals surface area contributed by atoms with Gasteiger partial charge >= 0.3 is 0 Å². The Bertz CT molecular complexity index is 1390. The Labute approximate surface area is 217 Å². The third kappa shape index (κ3) is 6.35. The van der Waals surface area contributed by atoms with Crippen LogP contribution in [0.15, 0.2) is 77.2 Å². The van der Waals surface area contributed by atoms with Gasteiger partial charge in [0.1, 0.15) is 12.3 Å². The van der Waals surface area contributed by atoms with Crippen LogP contribution in [-0.2, 0) is 11.3 Å². The summed E-state index contributed by atoms with van der Waals surface area (Å²) >= 11 is 6.07. The van der Waals surface area contributed by atoms with Crippen LogP contribution in [0.1, 0.15) is 5.69 Å². The summed E-state index contributed by atoms with van der Waals surface area (Å²) < 4.78 is 19.5. The molecule has 2 aromatic carbocycles. The molecule has 188 valence electrons. The van der Waals surface area contributed by atoms with E-state index in [4.69, 9.17) is 16.3 Å². The van der Waals surface area contributed by atoms with Crippen molar-refractivity contribution in [1.82, 2.24) is 15.0 Å². The lowest BCUT2D eigenvalue weighted by Gasteiger charge is -2.27. The van der Waals surface area contributed by atoms with Crippen molar-refractivity contribution in [2.24, 2.45) is 10.2 Å². The number of phenols is 1. The number of pyridine rings is 1. The number of morpholine rings is 1. The van der Waals surface area contributed by atoms with Crippen LogP contribution in [0.5, 0.6) is 5.75 Å². The smallest absolute Gasteiger partial charge is 0.270 e. The number of aromatic hydroxyl groups is 1. The molecule has 0 saturated carbocycles. The molecular weight excluding hydrogens is 497 g/mol. The van der Waals surface area contributed by atoms with Gasteiger partial charge in [-0.05, 0) is 53.6 Å². The van der Waals surface area contributed by atoms with Gasteiger partial charge in [-0.15, -0.1) is 5.11 Å². The van der Waals surface area contributed by atoms with Crippen LogP contribution in [0.25, 0.3) is 11.1 Å². The second-order valence-electron chi connectivity index (χ2n) is 8.28. The number of nitrogens with one attached hydrogen (secondary N) is 1. The van der Waals surface area contributed by atoms with Crippen LogP contribution < -0.4 is 10.2 Å². The van der Waals surface area contributed by atoms with E-state index >= 15 is 0 Å². The van der Waals surface area contributed by atoms with Crippen LogP contribution in [0, 0.1) is 5.82 Å². The highest BCUT2D eigenvalue weighted by Crippen LogP contribution is 2.30. The third-order valence-corrected chi connectivity index (χ3v) is 5.83. The van der Waals surface area contributed by atoms with Crippen LogP contribution in [-0.4, -0.2) is 46.4 Å². The summed E-state index contributed by atoms with van der Waals surface area (Å²) in [7, 11) is 0. The number of phenolic OH excluding ortho intramolecular Hbond substituents is 1. The Hall–Kier alpha value is -4.15. The van der Waals surface area contributed by atoms with Crippen molar-refractivity contribution in [1.29, 1.82) is 0 Å². The molecule has 0 amide bonds. The fraction of sp³-hybridized carbons (Fsp3) is 0.192. The largest absolute Gasteiger partial charge is 0.508 e. The highest BCUT2D eigenvalue weighted by Gasteiger charge is 2.17. The molecule has 0 unspecified atom stereocenters. The highest BCUT2D eigenvalue weighted by atomic mass is 35.5. The van der Waals surface area contributed by atoms with Gasteiger partial charge < -0.3 is 20.1 Å². The summed E-state index contributed by atoms with van der Waals surface area (Å²) in [5.41, 5.74) is 4.08. The zero-order chi connectivity index (χ0) is 25.6. The van der Waals surface area contributed by atoms with Crippen molar-refractivity contribution in [2.45, 2.75) is 6.54 Å². The fourth-order valence-corrected chi connectivity index (χ4v) is 4.07. The van der Waals surface area contributed by atoms with Gasteiger partial charge in [-0.2, -0.15) is 10.1 Å². The fourth-order valence-electron chi connectivity index (χ4n) is 3.84. The van der Waals surface area contributed by atoms with Gasteiger partial charge in [0.15, 0.2) is 11.6 Å². The minimum Gasteiger partial charge on any atom is -0.508 e. The second kappa shape index (κ2) is 11.3. The van der Waals surface area contributed by atoms with Gasteiger partial charge in [0.05, 0.1) is 37.0 Å². The van der Waals surface area contributed by atoms with Crippen molar-refractivity contribution < 1.29 is 14.2 Å². The summed E-state index contributed by atoms with van der Waals surface area (Å²) in [6, 6.07) is 16.4. The Balaban J connectivity index is 1.21. The summed E-state index contributed by atoms with van der Waals surface area (Å²) in [4.78, 5) is 14.3. The Morgan fingerprint density at radius 3 is 2.65 bits per heavy atom. The minimum atomic E-state index is -0.498. The molecule has 4 aromatic rings. The van der Waals surface area contributed by atoms with E-state index in [1.165, 1.54) is 6.07 Å². The second-order valence-corrected chi connectivity index (χ2v) is 8.72. The maximum absolute atomic E-state index is 14.2. The van der Waals surface area contributed by atoms with Crippen LogP contribution in [0.3, 0.4) is 0 Å². The summed E-state index contributed by atoms with van der Waals surface area (Å²) in [6.07, 6.45) is 2.81. The SMILES string of the molecule is Oc1cc(Cl)cc(-c2cccc(Nc3ccc(CN=Nc4ncc(F)c(N5CCOCC5)n4)nc3)c2)c1. The average molecular weight is 520 g/mol. The molecule has 5 rings (SSSR count). The minimum absolute atomic E-state index is 0.0917. The predicted octanol–water partition coefficient (Wildman–Crippen LogP) is 5.90. The first-order valence-corrected chi connectivity index (χ1v) is 12.0. The molecule has 0 atom stereocenters. The molecule has 9 nitrogen and oxygen atoms in total. The molecule has 1 aliphatic rings. The van der Waals surface area contributed by atoms with Crippen molar-refractivity contribution in [2.75, 3.05) is 36.5 Å². The van der Waals surface area contributed by atoms with Crippen LogP contribution in [0.4, 0.5) is 27.5 Å². The first-order chi connectivity index (χ1) is 18.0. The molecular formula is C26H23ClFN7O2. The summed E-state index contributed by atoms with van der Waals surface area (Å²) in [5.74, 6) is -0.0886. The zero-order valence-corrected chi connectivity index (χ0v) is 20.4. The zero-order valence-electron chi connectivity index (χ0n) is 19.7. The van der Waals surface area contributed by atoms with E-state index in [0.29, 0.717) is 37.0 Å². The van der Waals surface area contributed by atoms with E-state index in [-0.39, 0.29) is 24.1 Å². The Morgan fingerprint density at radius 2 is 1.86 bits per heavy atom. The molecule has 37 heavy (non-hydrogen) atoms. The van der Waals surface area contributed by atoms with Gasteiger partial charge in [-0.3, -0.25) is 4.98 Å². The number of azo groups is 1. The Kier molecular flexibility index (Phi) is 7.48. The van der Waals surface area contributed by atoms with Gasteiger partial charge in [-0.1, -0.05) is 23.7 Å². The number of nitrogens with zero attached hydrogens (tertiary/aromatic N) is 6. The number of halogens is 2. The molecule has 0 aliphatic carbocycles. The van der Waals surface area contributed by atoms with E-state index in [0.717, 1.165) is 28.7 Å². The van der Waals surface area contributed by atoms with Gasteiger partial charge in [0.2, 0.25) is 0 Å². The number of rotatable bonds is 7. The quantitative estimate of drug-likeness (QED) is 0.292. The number of hydrogen-bond acceptors (Lipinski definition) is 9. The van der Waals surface area contributed by atoms with Crippen molar-refractivity contribution >= 4 is 34.7 Å². The van der Waals surface area contributed by atoms with Crippen LogP contribution >= 0.6 is 11.6 Å². The topological polar surface area (TPSA) is 108 Å². The molecule has 1 saturated heterocycles. The van der Waals surface area contributed by atoms with E-state index in [2.05, 4.69) is 30.5 Å². The van der Waals surface area contributed by atoms with Gasteiger partial charge in [-0.25, -0.2) is 9.37 Å². The van der Waals surface area contributed by atoms with E-state index in [1.54, 1.807) is 23.2 Å². The molecule has 1 fully saturated rings. The summed E-state index contributed by atoms with van der Waals surface area (Å²) in [6.45, 7) is 2.39. The van der Waals surface area contributed by atoms with Gasteiger partial charge in [0.25, 0.3) is 5.95 Å². The van der Waals surface area contributed by atoms with Crippen molar-refractivity contribution in [3.63, 3.8) is 0 Å². The van der Waals surface area contributed by atoms with E-state index in [1.807, 2.05) is 36.4 Å². The first kappa shape index (κ1) is 24.5. The van der Waals surface area contributed by atoms with Crippen LogP contribution in [0.2, 0.25) is 5.02 Å². The average Bonchev–Trinajstić information content (AvgIpc) is 2.91. The maximum Gasteiger partial charge on any atom is 0.270 e. The molecule has 3 heterocycles. The predicted molar refractivity (Wildman–Crippen MR) is 139 cm³/mol. The van der Waals surface area contributed by atoms with Crippen molar-refractivity contribution in [3.8, 4) is 16.9 Å². The molecule has 1 aliphatic heterocycles. The Morgan fingerprint density at radius 1 is 1.00 bits per heavy atom. The third-order valence-electron chi connectivity index (χ3n) is 5.61. The number of ether oxygens (including phenoxy) is 1. The molecule has 0 radical (unpaired) electrons. The standard InChI is InChI=1S/C26H23ClFN7O2/c27-19-10-18(12-23(36)13-19)17-2-1-3-20(11-17)32-22-5-4-21(29-14-22)15-31-34-26-30-16-24(28)25(33-26)35-6-8-37-9-7-35/h1-5,10-14,16,32,36H,6-9,15H2. The molecule has 0 bridgehead atoms. The lowest BCUT2D eigenvalue weighted by atomic mass is 10.0. The number of benzene rings is 2. The maximum atomic E-state index is 14.2. The van der Waals surface area contributed by atoms with Crippen molar-refractivity contribution in [3.05, 3.63) is 83.5 Å². The molecule has 11 heteroatoms. The lowest BCUT2D eigenvalue weighted by Crippen LogP contribution is -2.37. The highest BCUT2D eigenvalue weighted by molar-refractivity contribution is 6.31. The molecule has 2 aromatic heterocycles. The number of anilines is 3. The van der Waals surface area contributed by atoms with E-state index < -0.39 is 5.82 Å². The monoisotopic (exact) mass is 519 g/mol. The number of hydrogen-bond donors (Lipinski definition) is 2. The number of aromatic nitrogens is 3. The van der Waals surface area contributed by atoms with Gasteiger partial charge in [0, 0.05) is 23.8 Å². The molecule has 2 N–H and O–H groups in total.